The number of hydrogen-bond donors (Lipinski definition) is 0. The van der Waals surface area contributed by atoms with Crippen LogP contribution in [0.2, 0.25) is 0 Å². The summed E-state index contributed by atoms with van der Waals surface area (Å²) in [6, 6.07) is 0. The van der Waals surface area contributed by atoms with E-state index in [1.54, 1.807) is 17.8 Å². The number of halogens is 3. The fourth-order valence-electron chi connectivity index (χ4n) is 3.73. The highest BCUT2D eigenvalue weighted by atomic mass is 32.2. The predicted octanol–water partition coefficient (Wildman–Crippen LogP) is 5.91. The van der Waals surface area contributed by atoms with E-state index in [0.717, 1.165) is 31.3 Å². The van der Waals surface area contributed by atoms with Crippen LogP contribution in [0.4, 0.5) is 13.2 Å². The highest BCUT2D eigenvalue weighted by Crippen LogP contribution is 2.54. The Hall–Kier alpha value is -1.21. The summed E-state index contributed by atoms with van der Waals surface area (Å²) in [4.78, 5) is 23.8. The van der Waals surface area contributed by atoms with Gasteiger partial charge < -0.3 is 0 Å². The van der Waals surface area contributed by atoms with Gasteiger partial charge in [-0.3, -0.25) is 9.59 Å². The molecule has 2 heterocycles. The van der Waals surface area contributed by atoms with Gasteiger partial charge in [0.1, 0.15) is 0 Å². The summed E-state index contributed by atoms with van der Waals surface area (Å²) in [6.07, 6.45) is 1.63. The number of thioether (sulfide) groups is 2. The third-order valence-corrected chi connectivity index (χ3v) is 7.54. The van der Waals surface area contributed by atoms with E-state index in [2.05, 4.69) is 25.3 Å². The van der Waals surface area contributed by atoms with E-state index in [4.69, 9.17) is 0 Å². The molecule has 146 valence electrons. The molecule has 0 aromatic heterocycles. The minimum absolute atomic E-state index is 0.0297. The maximum absolute atomic E-state index is 12.5. The molecule has 2 aliphatic heterocycles. The van der Waals surface area contributed by atoms with Crippen LogP contribution in [0.5, 0.6) is 0 Å². The van der Waals surface area contributed by atoms with Crippen molar-refractivity contribution in [3.63, 3.8) is 0 Å². The largest absolute Gasteiger partial charge is 0.450 e. The number of ketones is 2. The summed E-state index contributed by atoms with van der Waals surface area (Å²) in [5.41, 5.74) is 4.92. The first-order valence-corrected chi connectivity index (χ1v) is 10.9. The number of fused-ring (bicyclic) bond motifs is 3. The molecule has 0 spiro atoms. The molecule has 0 saturated carbocycles. The van der Waals surface area contributed by atoms with Crippen molar-refractivity contribution in [3.8, 4) is 0 Å². The van der Waals surface area contributed by atoms with Crippen LogP contribution in [0.25, 0.3) is 0 Å². The van der Waals surface area contributed by atoms with Crippen molar-refractivity contribution in [2.45, 2.75) is 62.6 Å². The van der Waals surface area contributed by atoms with E-state index in [9.17, 15) is 22.8 Å². The first-order chi connectivity index (χ1) is 12.8. The van der Waals surface area contributed by atoms with Gasteiger partial charge in [-0.2, -0.15) is 13.2 Å². The zero-order valence-electron chi connectivity index (χ0n) is 15.2. The predicted molar refractivity (Wildman–Crippen MR) is 105 cm³/mol. The van der Waals surface area contributed by atoms with Gasteiger partial charge in [0, 0.05) is 0 Å². The zero-order chi connectivity index (χ0) is 19.8. The van der Waals surface area contributed by atoms with Gasteiger partial charge in [0.05, 0.1) is 21.8 Å². The van der Waals surface area contributed by atoms with Gasteiger partial charge in [-0.1, -0.05) is 32.8 Å². The number of carbonyl (C=O) groups is 2. The Morgan fingerprint density at radius 3 is 2.26 bits per heavy atom. The molecular formula is C20H21F3O2S2. The normalized spacial score (nSPS) is 24.3. The van der Waals surface area contributed by atoms with Gasteiger partial charge in [-0.15, -0.1) is 23.5 Å². The summed E-state index contributed by atoms with van der Waals surface area (Å²) >= 11 is 3.02. The Bertz CT molecular complexity index is 788. The van der Waals surface area contributed by atoms with Crippen molar-refractivity contribution >= 4 is 35.1 Å². The molecule has 0 fully saturated rings. The molecule has 3 rings (SSSR count). The van der Waals surface area contributed by atoms with Gasteiger partial charge >= 0.3 is 6.18 Å². The van der Waals surface area contributed by atoms with Crippen LogP contribution in [0.3, 0.4) is 0 Å². The lowest BCUT2D eigenvalue weighted by molar-refractivity contribution is -0.171. The third kappa shape index (κ3) is 3.99. The fourth-order valence-corrected chi connectivity index (χ4v) is 6.42. The van der Waals surface area contributed by atoms with Crippen molar-refractivity contribution in [2.24, 2.45) is 0 Å². The van der Waals surface area contributed by atoms with Gasteiger partial charge in [0.2, 0.25) is 5.78 Å². The topological polar surface area (TPSA) is 34.1 Å². The number of allylic oxidation sites excluding steroid dienone is 5. The van der Waals surface area contributed by atoms with Gasteiger partial charge in [0.25, 0.3) is 0 Å². The van der Waals surface area contributed by atoms with E-state index < -0.39 is 24.2 Å². The smallest absolute Gasteiger partial charge is 0.293 e. The molecule has 0 radical (unpaired) electrons. The van der Waals surface area contributed by atoms with Crippen LogP contribution in [0, 0.1) is 0 Å². The highest BCUT2D eigenvalue weighted by Gasteiger charge is 2.44. The minimum Gasteiger partial charge on any atom is -0.293 e. The number of alkyl halides is 3. The van der Waals surface area contributed by atoms with Gasteiger partial charge in [0.15, 0.2) is 5.78 Å². The molecule has 0 amide bonds. The second-order valence-corrected chi connectivity index (χ2v) is 9.03. The van der Waals surface area contributed by atoms with Crippen molar-refractivity contribution in [1.82, 2.24) is 0 Å². The van der Waals surface area contributed by atoms with Crippen LogP contribution in [0.15, 0.2) is 44.8 Å². The Morgan fingerprint density at radius 1 is 1.04 bits per heavy atom. The standard InChI is InChI=1S/C20H21F3O2S2/c1-3-5-11-12(6-4-2)14-9-16(15(24)10-17(25)20(21,22)23)27-19(14)18-13(11)7-8-26-18/h7-9,18-19H,3-6,10H2,1-2H3. The molecule has 0 saturated heterocycles. The maximum atomic E-state index is 12.5. The summed E-state index contributed by atoms with van der Waals surface area (Å²) in [5.74, 6) is -2.70. The summed E-state index contributed by atoms with van der Waals surface area (Å²) in [7, 11) is 0. The molecule has 0 N–H and O–H groups in total. The van der Waals surface area contributed by atoms with Crippen LogP contribution in [-0.2, 0) is 9.59 Å². The first kappa shape index (κ1) is 20.5. The Morgan fingerprint density at radius 2 is 1.67 bits per heavy atom. The van der Waals surface area contributed by atoms with E-state index in [0.29, 0.717) is 0 Å². The monoisotopic (exact) mass is 414 g/mol. The molecule has 0 aromatic rings. The molecule has 7 heteroatoms. The lowest BCUT2D eigenvalue weighted by Crippen LogP contribution is -2.27. The summed E-state index contributed by atoms with van der Waals surface area (Å²) in [6.45, 7) is 4.23. The lowest BCUT2D eigenvalue weighted by Gasteiger charge is -2.31. The number of rotatable bonds is 7. The van der Waals surface area contributed by atoms with Crippen LogP contribution in [-0.4, -0.2) is 28.2 Å². The molecule has 27 heavy (non-hydrogen) atoms. The maximum Gasteiger partial charge on any atom is 0.450 e. The summed E-state index contributed by atoms with van der Waals surface area (Å²) in [5, 5.41) is 2.28. The van der Waals surface area contributed by atoms with E-state index in [-0.39, 0.29) is 15.4 Å². The van der Waals surface area contributed by atoms with E-state index in [1.807, 2.05) is 0 Å². The summed E-state index contributed by atoms with van der Waals surface area (Å²) < 4.78 is 37.5. The van der Waals surface area contributed by atoms with E-state index >= 15 is 0 Å². The van der Waals surface area contributed by atoms with Crippen LogP contribution < -0.4 is 0 Å². The molecule has 1 aliphatic carbocycles. The number of carbonyl (C=O) groups excluding carboxylic acids is 2. The minimum atomic E-state index is -4.97. The SMILES string of the molecule is CCCC1=C2C=CSC2C2SC(C(=O)CC(=O)C(F)(F)F)=CC2=C1CCC. The first-order valence-electron chi connectivity index (χ1n) is 9.07. The average Bonchev–Trinajstić information content (AvgIpc) is 3.23. The number of Topliss-reactive ketones (excluding diaryl/α,β-unsaturated/α-hetero) is 2. The molecule has 2 atom stereocenters. The van der Waals surface area contributed by atoms with Gasteiger partial charge in [-0.25, -0.2) is 0 Å². The fraction of sp³-hybridized carbons (Fsp3) is 0.500. The zero-order valence-corrected chi connectivity index (χ0v) is 16.8. The second-order valence-electron chi connectivity index (χ2n) is 6.80. The number of hydrogen-bond acceptors (Lipinski definition) is 4. The molecule has 0 aromatic carbocycles. The molecule has 0 bridgehead atoms. The highest BCUT2D eigenvalue weighted by molar-refractivity contribution is 8.08. The third-order valence-electron chi connectivity index (χ3n) is 4.87. The lowest BCUT2D eigenvalue weighted by atomic mass is 9.81. The van der Waals surface area contributed by atoms with Crippen molar-refractivity contribution in [1.29, 1.82) is 0 Å². The quantitative estimate of drug-likeness (QED) is 0.485. The molecule has 2 unspecified atom stereocenters. The molecule has 2 nitrogen and oxygen atoms in total. The Balaban J connectivity index is 1.94. The van der Waals surface area contributed by atoms with Crippen LogP contribution >= 0.6 is 23.5 Å². The molecule has 3 aliphatic rings. The second kappa shape index (κ2) is 8.03. The van der Waals surface area contributed by atoms with Crippen molar-refractivity contribution in [3.05, 3.63) is 44.8 Å². The van der Waals surface area contributed by atoms with Gasteiger partial charge in [-0.05, 0) is 46.6 Å². The Kier molecular flexibility index (Phi) is 6.11. The van der Waals surface area contributed by atoms with E-state index in [1.165, 1.54) is 28.5 Å². The average molecular weight is 415 g/mol. The van der Waals surface area contributed by atoms with Crippen LogP contribution in [0.1, 0.15) is 46.0 Å². The van der Waals surface area contributed by atoms with Crippen molar-refractivity contribution in [2.75, 3.05) is 0 Å². The van der Waals surface area contributed by atoms with Crippen molar-refractivity contribution < 1.29 is 22.8 Å². The molecular weight excluding hydrogens is 393 g/mol. The Labute approximate surface area is 165 Å².